The van der Waals surface area contributed by atoms with Crippen LogP contribution in [0.1, 0.15) is 10.9 Å². The molecule has 0 fully saturated rings. The van der Waals surface area contributed by atoms with Gasteiger partial charge in [-0.3, -0.25) is 0 Å². The lowest BCUT2D eigenvalue weighted by Gasteiger charge is -2.15. The van der Waals surface area contributed by atoms with Crippen molar-refractivity contribution in [1.29, 1.82) is 0 Å². The van der Waals surface area contributed by atoms with Crippen LogP contribution >= 0.6 is 50.6 Å². The number of rotatable bonds is 5. The molecule has 0 aliphatic rings. The van der Waals surface area contributed by atoms with Gasteiger partial charge in [0.15, 0.2) is 0 Å². The molecule has 0 saturated carbocycles. The highest BCUT2D eigenvalue weighted by Gasteiger charge is 2.14. The number of hydrogen-bond acceptors (Lipinski definition) is 3. The van der Waals surface area contributed by atoms with Crippen LogP contribution in [0.4, 0.5) is 0 Å². The summed E-state index contributed by atoms with van der Waals surface area (Å²) in [5, 5.41) is 6.25. The minimum absolute atomic E-state index is 0.361. The predicted octanol–water partition coefficient (Wildman–Crippen LogP) is 5.22. The number of benzene rings is 1. The summed E-state index contributed by atoms with van der Waals surface area (Å²) in [6.45, 7) is 0. The summed E-state index contributed by atoms with van der Waals surface area (Å²) in [7, 11) is 2.00. The highest BCUT2D eigenvalue weighted by atomic mass is 79.9. The summed E-state index contributed by atoms with van der Waals surface area (Å²) in [5.74, 6) is 0.997. The van der Waals surface area contributed by atoms with Crippen molar-refractivity contribution in [3.05, 3.63) is 50.1 Å². The first-order valence-corrected chi connectivity index (χ1v) is 8.53. The van der Waals surface area contributed by atoms with Crippen molar-refractivity contribution in [2.24, 2.45) is 0 Å². The van der Waals surface area contributed by atoms with Gasteiger partial charge in [-0.05, 0) is 58.7 Å². The second kappa shape index (κ2) is 6.96. The molecule has 0 aliphatic carbocycles. The van der Waals surface area contributed by atoms with Crippen LogP contribution in [0.2, 0.25) is 5.02 Å². The Labute approximate surface area is 129 Å². The molecule has 2 rings (SSSR count). The van der Waals surface area contributed by atoms with Gasteiger partial charge in [-0.2, -0.15) is 0 Å². The second-order valence-corrected chi connectivity index (χ2v) is 7.07. The minimum atomic E-state index is 0.361. The first-order valence-electron chi connectivity index (χ1n) is 5.49. The van der Waals surface area contributed by atoms with Crippen molar-refractivity contribution in [3.8, 4) is 0 Å². The average molecular weight is 363 g/mol. The van der Waals surface area contributed by atoms with Gasteiger partial charge in [-0.25, -0.2) is 0 Å². The summed E-state index contributed by atoms with van der Waals surface area (Å²) in [6.07, 6.45) is 0. The molecule has 0 aliphatic heterocycles. The third-order valence-electron chi connectivity index (χ3n) is 2.54. The van der Waals surface area contributed by atoms with E-state index < -0.39 is 0 Å². The molecule has 18 heavy (non-hydrogen) atoms. The van der Waals surface area contributed by atoms with Crippen LogP contribution in [0.5, 0.6) is 0 Å². The maximum atomic E-state index is 5.88. The number of thioether (sulfide) groups is 1. The van der Waals surface area contributed by atoms with Gasteiger partial charge in [0, 0.05) is 25.0 Å². The minimum Gasteiger partial charge on any atom is -0.312 e. The van der Waals surface area contributed by atoms with E-state index in [0.29, 0.717) is 6.04 Å². The van der Waals surface area contributed by atoms with Gasteiger partial charge in [-0.1, -0.05) is 11.6 Å². The molecule has 1 atom stereocenters. The zero-order chi connectivity index (χ0) is 13.0. The van der Waals surface area contributed by atoms with E-state index >= 15 is 0 Å². The fourth-order valence-electron chi connectivity index (χ4n) is 1.55. The molecule has 1 aromatic carbocycles. The van der Waals surface area contributed by atoms with Crippen molar-refractivity contribution in [1.82, 2.24) is 5.32 Å². The van der Waals surface area contributed by atoms with Gasteiger partial charge in [0.2, 0.25) is 0 Å². The van der Waals surface area contributed by atoms with Crippen LogP contribution in [0.25, 0.3) is 0 Å². The van der Waals surface area contributed by atoms with E-state index in [4.69, 9.17) is 11.6 Å². The Bertz CT molecular complexity index is 498. The lowest BCUT2D eigenvalue weighted by molar-refractivity contribution is 0.671. The zero-order valence-corrected chi connectivity index (χ0v) is 13.8. The molecule has 1 unspecified atom stereocenters. The summed E-state index contributed by atoms with van der Waals surface area (Å²) in [5.41, 5.74) is 0. The number of thiophene rings is 1. The molecule has 0 bridgehead atoms. The van der Waals surface area contributed by atoms with E-state index in [0.717, 1.165) is 10.8 Å². The maximum Gasteiger partial charge on any atom is 0.0519 e. The summed E-state index contributed by atoms with van der Waals surface area (Å²) < 4.78 is 1.18. The van der Waals surface area contributed by atoms with Crippen LogP contribution in [0.3, 0.4) is 0 Å². The summed E-state index contributed by atoms with van der Waals surface area (Å²) >= 11 is 13.1. The van der Waals surface area contributed by atoms with Crippen molar-refractivity contribution in [2.45, 2.75) is 10.9 Å². The number of nitrogens with one attached hydrogen (secondary N) is 1. The first kappa shape index (κ1) is 14.4. The summed E-state index contributed by atoms with van der Waals surface area (Å²) in [6, 6.07) is 10.4. The molecule has 96 valence electrons. The molecule has 1 N–H and O–H groups in total. The zero-order valence-electron chi connectivity index (χ0n) is 9.82. The molecule has 5 heteroatoms. The van der Waals surface area contributed by atoms with Crippen LogP contribution in [-0.2, 0) is 0 Å². The monoisotopic (exact) mass is 361 g/mol. The molecule has 1 nitrogen and oxygen atoms in total. The molecule has 1 aromatic heterocycles. The topological polar surface area (TPSA) is 12.0 Å². The number of halogens is 2. The van der Waals surface area contributed by atoms with Crippen molar-refractivity contribution < 1.29 is 0 Å². The Hall–Kier alpha value is -0.000000000000000111. The Morgan fingerprint density at radius 3 is 2.61 bits per heavy atom. The molecule has 0 radical (unpaired) electrons. The van der Waals surface area contributed by atoms with Gasteiger partial charge in [-0.15, -0.1) is 23.1 Å². The molecular formula is C13H13BrClNS2. The van der Waals surface area contributed by atoms with E-state index in [-0.39, 0.29) is 0 Å². The van der Waals surface area contributed by atoms with E-state index in [9.17, 15) is 0 Å². The largest absolute Gasteiger partial charge is 0.312 e. The quantitative estimate of drug-likeness (QED) is 0.732. The van der Waals surface area contributed by atoms with Crippen LogP contribution in [0.15, 0.2) is 45.1 Å². The van der Waals surface area contributed by atoms with E-state index in [1.807, 2.05) is 30.9 Å². The Morgan fingerprint density at radius 1 is 1.33 bits per heavy atom. The van der Waals surface area contributed by atoms with Gasteiger partial charge in [0.1, 0.15) is 0 Å². The molecule has 2 aromatic rings. The van der Waals surface area contributed by atoms with Crippen LogP contribution in [-0.4, -0.2) is 12.8 Å². The molecule has 0 spiro atoms. The van der Waals surface area contributed by atoms with Crippen molar-refractivity contribution in [3.63, 3.8) is 0 Å². The molecule has 0 saturated heterocycles. The lowest BCUT2D eigenvalue weighted by atomic mass is 10.3. The Kier molecular flexibility index (Phi) is 5.57. The first-order chi connectivity index (χ1) is 8.70. The van der Waals surface area contributed by atoms with Gasteiger partial charge < -0.3 is 5.32 Å². The van der Waals surface area contributed by atoms with Crippen molar-refractivity contribution >= 4 is 50.6 Å². The smallest absolute Gasteiger partial charge is 0.0519 e. The molecule has 0 amide bonds. The van der Waals surface area contributed by atoms with Crippen LogP contribution in [0, 0.1) is 0 Å². The second-order valence-electron chi connectivity index (χ2n) is 3.74. The van der Waals surface area contributed by atoms with Crippen molar-refractivity contribution in [2.75, 3.05) is 12.8 Å². The average Bonchev–Trinajstić information content (AvgIpc) is 2.79. The SMILES string of the molecule is CNC(CSc1ccc(Cl)cc1)c1sccc1Br. The number of hydrogen-bond donors (Lipinski definition) is 1. The fourth-order valence-corrected chi connectivity index (χ4v) is 4.57. The van der Waals surface area contributed by atoms with Gasteiger partial charge in [0.25, 0.3) is 0 Å². The maximum absolute atomic E-state index is 5.88. The predicted molar refractivity (Wildman–Crippen MR) is 86.0 cm³/mol. The van der Waals surface area contributed by atoms with E-state index in [2.05, 4.69) is 44.8 Å². The van der Waals surface area contributed by atoms with Gasteiger partial charge in [0.05, 0.1) is 6.04 Å². The fraction of sp³-hybridized carbons (Fsp3) is 0.231. The highest BCUT2D eigenvalue weighted by Crippen LogP contribution is 2.32. The van der Waals surface area contributed by atoms with Crippen LogP contribution < -0.4 is 5.32 Å². The highest BCUT2D eigenvalue weighted by molar-refractivity contribution is 9.10. The standard InChI is InChI=1S/C13H13BrClNS2/c1-16-12(13-11(14)6-7-17-13)8-18-10-4-2-9(15)3-5-10/h2-7,12,16H,8H2,1H3. The normalized spacial score (nSPS) is 12.6. The van der Waals surface area contributed by atoms with E-state index in [1.54, 1.807) is 11.3 Å². The molecule has 1 heterocycles. The lowest BCUT2D eigenvalue weighted by Crippen LogP contribution is -2.17. The molecular weight excluding hydrogens is 350 g/mol. The third kappa shape index (κ3) is 3.75. The Balaban J connectivity index is 2.00. The van der Waals surface area contributed by atoms with Gasteiger partial charge >= 0.3 is 0 Å². The third-order valence-corrected chi connectivity index (χ3v) is 5.88. The summed E-state index contributed by atoms with van der Waals surface area (Å²) in [4.78, 5) is 2.59. The van der Waals surface area contributed by atoms with E-state index in [1.165, 1.54) is 14.2 Å². The Morgan fingerprint density at radius 2 is 2.06 bits per heavy atom.